The van der Waals surface area contributed by atoms with Crippen LogP contribution in [0, 0.1) is 11.3 Å². The van der Waals surface area contributed by atoms with Crippen LogP contribution in [-0.2, 0) is 9.59 Å². The van der Waals surface area contributed by atoms with Gasteiger partial charge in [0.1, 0.15) is 28.9 Å². The maximum atomic E-state index is 13.3. The van der Waals surface area contributed by atoms with Gasteiger partial charge in [0, 0.05) is 15.6 Å². The van der Waals surface area contributed by atoms with Crippen molar-refractivity contribution < 1.29 is 18.7 Å². The second-order valence-corrected chi connectivity index (χ2v) is 7.94. The number of hydrogen-bond donors (Lipinski definition) is 0. The number of ether oxygens (including phenoxy) is 1. The molecule has 0 atom stereocenters. The van der Waals surface area contributed by atoms with Gasteiger partial charge in [0.2, 0.25) is 0 Å². The molecule has 32 heavy (non-hydrogen) atoms. The molecule has 3 aromatic rings. The zero-order chi connectivity index (χ0) is 22.8. The Morgan fingerprint density at radius 1 is 1.00 bits per heavy atom. The van der Waals surface area contributed by atoms with E-state index in [9.17, 15) is 14.9 Å². The fourth-order valence-electron chi connectivity index (χ4n) is 3.39. The first-order chi connectivity index (χ1) is 15.4. The maximum Gasteiger partial charge on any atom is 0.276 e. The third-order valence-corrected chi connectivity index (χ3v) is 5.64. The molecule has 1 aliphatic heterocycles. The minimum atomic E-state index is -0.660. The van der Waals surface area contributed by atoms with Crippen LogP contribution in [-0.4, -0.2) is 18.9 Å². The summed E-state index contributed by atoms with van der Waals surface area (Å²) in [4.78, 5) is 27.2. The van der Waals surface area contributed by atoms with Gasteiger partial charge in [0.25, 0.3) is 11.8 Å². The molecular weight excluding hydrogens is 472 g/mol. The zero-order valence-corrected chi connectivity index (χ0v) is 18.8. The normalized spacial score (nSPS) is 15.3. The molecule has 6 nitrogen and oxygen atoms in total. The Hall–Kier alpha value is -3.89. The lowest BCUT2D eigenvalue weighted by Crippen LogP contribution is -2.42. The molecule has 0 radical (unpaired) electrons. The second kappa shape index (κ2) is 8.69. The van der Waals surface area contributed by atoms with Crippen LogP contribution in [0.4, 0.5) is 5.69 Å². The van der Waals surface area contributed by atoms with Crippen LogP contribution in [0.15, 0.2) is 86.3 Å². The van der Waals surface area contributed by atoms with Crippen molar-refractivity contribution in [2.75, 3.05) is 12.0 Å². The van der Waals surface area contributed by atoms with E-state index >= 15 is 0 Å². The Labute approximate surface area is 193 Å². The molecule has 0 fully saturated rings. The summed E-state index contributed by atoms with van der Waals surface area (Å²) in [5, 5.41) is 9.58. The summed E-state index contributed by atoms with van der Waals surface area (Å²) in [7, 11) is 1.53. The number of rotatable bonds is 4. The van der Waals surface area contributed by atoms with E-state index < -0.39 is 11.8 Å². The number of nitriles is 1. The lowest BCUT2D eigenvalue weighted by molar-refractivity contribution is -0.122. The summed E-state index contributed by atoms with van der Waals surface area (Å²) in [5.41, 5.74) is 1.67. The molecule has 1 aliphatic rings. The fraction of sp³-hybridized carbons (Fsp3) is 0.0800. The monoisotopic (exact) mass is 488 g/mol. The Morgan fingerprint density at radius 2 is 1.69 bits per heavy atom. The van der Waals surface area contributed by atoms with E-state index in [1.807, 2.05) is 30.3 Å². The molecule has 0 N–H and O–H groups in total. The third-order valence-electron chi connectivity index (χ3n) is 5.11. The SMILES string of the molecule is COc1ccc(N2C(=O)C(C#N)=C(C)/C(=C\c3ccc(-c4ccc(Br)cc4)o3)C2=O)cc1. The molecule has 0 saturated heterocycles. The number of carbonyl (C=O) groups is 2. The number of amides is 2. The Bertz CT molecular complexity index is 1310. The largest absolute Gasteiger partial charge is 0.497 e. The highest BCUT2D eigenvalue weighted by molar-refractivity contribution is 9.10. The van der Waals surface area contributed by atoms with E-state index in [1.54, 1.807) is 49.4 Å². The first-order valence-electron chi connectivity index (χ1n) is 9.64. The van der Waals surface area contributed by atoms with Crippen molar-refractivity contribution in [1.29, 1.82) is 5.26 Å². The van der Waals surface area contributed by atoms with Crippen LogP contribution in [0.3, 0.4) is 0 Å². The van der Waals surface area contributed by atoms with E-state index in [-0.39, 0.29) is 11.1 Å². The lowest BCUT2D eigenvalue weighted by atomic mass is 9.94. The summed E-state index contributed by atoms with van der Waals surface area (Å²) in [5.74, 6) is 0.472. The number of benzene rings is 2. The topological polar surface area (TPSA) is 83.5 Å². The van der Waals surface area contributed by atoms with E-state index in [0.29, 0.717) is 28.5 Å². The van der Waals surface area contributed by atoms with Crippen LogP contribution < -0.4 is 9.64 Å². The van der Waals surface area contributed by atoms with E-state index in [0.717, 1.165) is 14.9 Å². The molecule has 0 bridgehead atoms. The lowest BCUT2D eigenvalue weighted by Gasteiger charge is -2.27. The maximum absolute atomic E-state index is 13.3. The van der Waals surface area contributed by atoms with Gasteiger partial charge in [0.05, 0.1) is 12.8 Å². The van der Waals surface area contributed by atoms with Crippen LogP contribution >= 0.6 is 15.9 Å². The van der Waals surface area contributed by atoms with E-state index in [2.05, 4.69) is 15.9 Å². The van der Waals surface area contributed by atoms with Gasteiger partial charge >= 0.3 is 0 Å². The Balaban J connectivity index is 1.75. The number of anilines is 1. The Morgan fingerprint density at radius 3 is 2.31 bits per heavy atom. The van der Waals surface area contributed by atoms with Crippen molar-refractivity contribution in [1.82, 2.24) is 0 Å². The predicted octanol–water partition coefficient (Wildman–Crippen LogP) is 5.51. The minimum absolute atomic E-state index is 0.0913. The van der Waals surface area contributed by atoms with Crippen LogP contribution in [0.1, 0.15) is 12.7 Å². The van der Waals surface area contributed by atoms with Gasteiger partial charge in [-0.1, -0.05) is 28.1 Å². The average Bonchev–Trinajstić information content (AvgIpc) is 3.27. The predicted molar refractivity (Wildman–Crippen MR) is 124 cm³/mol. The molecule has 2 amide bonds. The third kappa shape index (κ3) is 3.88. The minimum Gasteiger partial charge on any atom is -0.497 e. The number of furan rings is 1. The van der Waals surface area contributed by atoms with E-state index in [1.165, 1.54) is 7.11 Å². The van der Waals surface area contributed by atoms with Crippen molar-refractivity contribution in [3.8, 4) is 23.1 Å². The van der Waals surface area contributed by atoms with Crippen molar-refractivity contribution in [2.45, 2.75) is 6.92 Å². The van der Waals surface area contributed by atoms with Crippen molar-refractivity contribution in [2.24, 2.45) is 0 Å². The highest BCUT2D eigenvalue weighted by atomic mass is 79.9. The van der Waals surface area contributed by atoms with Gasteiger partial charge in [-0.2, -0.15) is 5.26 Å². The molecular formula is C25H17BrN2O4. The quantitative estimate of drug-likeness (QED) is 0.356. The first-order valence-corrected chi connectivity index (χ1v) is 10.4. The van der Waals surface area contributed by atoms with E-state index in [4.69, 9.17) is 9.15 Å². The number of imide groups is 1. The smallest absolute Gasteiger partial charge is 0.276 e. The zero-order valence-electron chi connectivity index (χ0n) is 17.3. The van der Waals surface area contributed by atoms with Gasteiger partial charge in [-0.05, 0) is 67.1 Å². The number of carbonyl (C=O) groups excluding carboxylic acids is 2. The highest BCUT2D eigenvalue weighted by Gasteiger charge is 2.36. The van der Waals surface area contributed by atoms with Gasteiger partial charge in [-0.25, -0.2) is 4.90 Å². The standard InChI is InChI=1S/C25H17BrN2O4/c1-15-21(13-20-11-12-23(32-20)16-3-5-17(26)6-4-16)24(29)28(25(30)22(15)14-27)18-7-9-19(31-2)10-8-18/h3-13H,1-2H3/b21-13+. The first kappa shape index (κ1) is 21.3. The molecule has 0 aliphatic carbocycles. The molecule has 0 saturated carbocycles. The fourth-order valence-corrected chi connectivity index (χ4v) is 3.65. The summed E-state index contributed by atoms with van der Waals surface area (Å²) in [6.45, 7) is 1.59. The summed E-state index contributed by atoms with van der Waals surface area (Å²) >= 11 is 3.40. The summed E-state index contributed by atoms with van der Waals surface area (Å²) in [6, 6.07) is 19.6. The van der Waals surface area contributed by atoms with Gasteiger partial charge < -0.3 is 9.15 Å². The molecule has 158 valence electrons. The number of hydrogen-bond acceptors (Lipinski definition) is 5. The number of halogens is 1. The molecule has 1 aromatic heterocycles. The molecule has 0 spiro atoms. The van der Waals surface area contributed by atoms with Crippen LogP contribution in [0.2, 0.25) is 0 Å². The number of methoxy groups -OCH3 is 1. The molecule has 4 rings (SSSR count). The molecule has 7 heteroatoms. The van der Waals surface area contributed by atoms with Crippen molar-refractivity contribution >= 4 is 39.5 Å². The van der Waals surface area contributed by atoms with Gasteiger partial charge in [-0.15, -0.1) is 0 Å². The second-order valence-electron chi connectivity index (χ2n) is 7.02. The van der Waals surface area contributed by atoms with Crippen molar-refractivity contribution in [3.05, 3.63) is 87.6 Å². The molecule has 2 heterocycles. The summed E-state index contributed by atoms with van der Waals surface area (Å²) in [6.07, 6.45) is 1.56. The number of nitrogens with zero attached hydrogens (tertiary/aromatic N) is 2. The summed E-state index contributed by atoms with van der Waals surface area (Å²) < 4.78 is 12.0. The van der Waals surface area contributed by atoms with Crippen molar-refractivity contribution in [3.63, 3.8) is 0 Å². The highest BCUT2D eigenvalue weighted by Crippen LogP contribution is 2.32. The average molecular weight is 489 g/mol. The molecule has 2 aromatic carbocycles. The van der Waals surface area contributed by atoms with Gasteiger partial charge in [-0.3, -0.25) is 9.59 Å². The molecule has 0 unspecified atom stereocenters. The van der Waals surface area contributed by atoms with Gasteiger partial charge in [0.15, 0.2) is 0 Å². The Kier molecular flexibility index (Phi) is 5.80. The van der Waals surface area contributed by atoms with Crippen LogP contribution in [0.25, 0.3) is 17.4 Å². The van der Waals surface area contributed by atoms with Crippen LogP contribution in [0.5, 0.6) is 5.75 Å².